The number of allylic oxidation sites excluding steroid dienone is 1. The quantitative estimate of drug-likeness (QED) is 0.778. The van der Waals surface area contributed by atoms with Crippen molar-refractivity contribution in [3.63, 3.8) is 0 Å². The molecule has 1 aromatic carbocycles. The van der Waals surface area contributed by atoms with E-state index >= 15 is 0 Å². The van der Waals surface area contributed by atoms with E-state index in [4.69, 9.17) is 18.9 Å². The maximum absolute atomic E-state index is 11.6. The Balaban J connectivity index is 1.59. The Labute approximate surface area is 126 Å². The molecule has 0 amide bonds. The van der Waals surface area contributed by atoms with Crippen LogP contribution in [0.5, 0.6) is 17.2 Å². The van der Waals surface area contributed by atoms with Gasteiger partial charge in [0.2, 0.25) is 6.79 Å². The van der Waals surface area contributed by atoms with Crippen LogP contribution in [0.3, 0.4) is 0 Å². The van der Waals surface area contributed by atoms with E-state index < -0.39 is 11.7 Å². The van der Waals surface area contributed by atoms with Crippen LogP contribution in [0.2, 0.25) is 0 Å². The molecule has 4 aliphatic rings. The van der Waals surface area contributed by atoms with E-state index in [0.29, 0.717) is 42.5 Å². The number of hydrogen-bond acceptors (Lipinski definition) is 6. The highest BCUT2D eigenvalue weighted by Gasteiger charge is 2.56. The number of benzene rings is 1. The molecule has 22 heavy (non-hydrogen) atoms. The zero-order chi connectivity index (χ0) is 14.9. The van der Waals surface area contributed by atoms with Gasteiger partial charge in [-0.05, 0) is 12.5 Å². The fourth-order valence-electron chi connectivity index (χ4n) is 3.73. The number of fused-ring (bicyclic) bond motifs is 6. The van der Waals surface area contributed by atoms with Crippen LogP contribution in [-0.2, 0) is 9.53 Å². The van der Waals surface area contributed by atoms with Crippen molar-refractivity contribution >= 4 is 5.78 Å². The number of ketones is 1. The summed E-state index contributed by atoms with van der Waals surface area (Å²) in [5, 5.41) is 11.0. The minimum atomic E-state index is -1.25. The van der Waals surface area contributed by atoms with Crippen molar-refractivity contribution < 1.29 is 28.8 Å². The zero-order valence-electron chi connectivity index (χ0n) is 11.7. The lowest BCUT2D eigenvalue weighted by molar-refractivity contribution is -0.132. The van der Waals surface area contributed by atoms with Crippen molar-refractivity contribution in [3.05, 3.63) is 29.5 Å². The number of carbonyl (C=O) groups excluding carboxylic acids is 1. The highest BCUT2D eigenvalue weighted by Crippen LogP contribution is 2.53. The van der Waals surface area contributed by atoms with Crippen molar-refractivity contribution in [2.45, 2.75) is 30.5 Å². The van der Waals surface area contributed by atoms with Gasteiger partial charge in [0.1, 0.15) is 17.6 Å². The van der Waals surface area contributed by atoms with Crippen LogP contribution >= 0.6 is 0 Å². The van der Waals surface area contributed by atoms with Gasteiger partial charge in [-0.1, -0.05) is 0 Å². The highest BCUT2D eigenvalue weighted by atomic mass is 16.7. The number of carbonyl (C=O) groups is 1. The van der Waals surface area contributed by atoms with Gasteiger partial charge in [0.25, 0.3) is 0 Å². The van der Waals surface area contributed by atoms with Gasteiger partial charge in [-0.15, -0.1) is 0 Å². The first kappa shape index (κ1) is 12.3. The third-order valence-electron chi connectivity index (χ3n) is 4.88. The summed E-state index contributed by atoms with van der Waals surface area (Å²) in [5.74, 6) is 2.26. The van der Waals surface area contributed by atoms with E-state index in [1.807, 2.05) is 6.07 Å². The Morgan fingerprint density at radius 1 is 1.14 bits per heavy atom. The van der Waals surface area contributed by atoms with Crippen molar-refractivity contribution in [1.82, 2.24) is 0 Å². The van der Waals surface area contributed by atoms with Crippen LogP contribution in [0.25, 0.3) is 0 Å². The van der Waals surface area contributed by atoms with Gasteiger partial charge in [-0.25, -0.2) is 0 Å². The molecule has 0 aromatic heterocycles. The topological polar surface area (TPSA) is 74.2 Å². The summed E-state index contributed by atoms with van der Waals surface area (Å²) in [5.41, 5.74) is -0.291. The maximum Gasteiger partial charge on any atom is 0.231 e. The van der Waals surface area contributed by atoms with Gasteiger partial charge >= 0.3 is 0 Å². The molecule has 6 heteroatoms. The monoisotopic (exact) mass is 302 g/mol. The minimum Gasteiger partial charge on any atom is -0.494 e. The Kier molecular flexibility index (Phi) is 2.22. The molecule has 6 nitrogen and oxygen atoms in total. The van der Waals surface area contributed by atoms with E-state index in [2.05, 4.69) is 0 Å². The summed E-state index contributed by atoms with van der Waals surface area (Å²) < 4.78 is 22.5. The molecule has 1 aromatic rings. The molecule has 3 aliphatic heterocycles. The van der Waals surface area contributed by atoms with Crippen LogP contribution in [-0.4, -0.2) is 36.0 Å². The second-order valence-electron chi connectivity index (χ2n) is 6.10. The summed E-state index contributed by atoms with van der Waals surface area (Å²) in [7, 11) is 0. The van der Waals surface area contributed by atoms with E-state index in [0.717, 1.165) is 5.56 Å². The molecule has 0 saturated carbocycles. The van der Waals surface area contributed by atoms with Gasteiger partial charge < -0.3 is 24.1 Å². The molecule has 0 bridgehead atoms. The van der Waals surface area contributed by atoms with Crippen molar-refractivity contribution in [2.75, 3.05) is 13.4 Å². The fraction of sp³-hybridized carbons (Fsp3) is 0.438. The third-order valence-corrected chi connectivity index (χ3v) is 4.88. The van der Waals surface area contributed by atoms with E-state index in [1.165, 1.54) is 6.08 Å². The summed E-state index contributed by atoms with van der Waals surface area (Å²) >= 11 is 0. The molecular formula is C16H14O6. The average molecular weight is 302 g/mol. The van der Waals surface area contributed by atoms with Crippen LogP contribution in [0, 0.1) is 0 Å². The molecule has 1 saturated heterocycles. The molecule has 1 fully saturated rings. The third kappa shape index (κ3) is 1.45. The Morgan fingerprint density at radius 2 is 1.95 bits per heavy atom. The first-order chi connectivity index (χ1) is 10.6. The largest absolute Gasteiger partial charge is 0.494 e. The van der Waals surface area contributed by atoms with Crippen LogP contribution < -0.4 is 14.2 Å². The minimum absolute atomic E-state index is 0.0191. The van der Waals surface area contributed by atoms with Crippen molar-refractivity contribution in [2.24, 2.45) is 0 Å². The molecule has 1 N–H and O–H groups in total. The predicted octanol–water partition coefficient (Wildman–Crippen LogP) is 1.27. The molecule has 0 spiro atoms. The first-order valence-electron chi connectivity index (χ1n) is 7.35. The second kappa shape index (κ2) is 3.95. The molecule has 0 radical (unpaired) electrons. The van der Waals surface area contributed by atoms with Crippen LogP contribution in [0.4, 0.5) is 0 Å². The standard InChI is InChI=1S/C16H14O6/c17-8-1-2-16(18)14(3-8)19-6-10-9-4-12-13(21-7-20-12)5-11(9)22-15(10)16/h3-5,10,15,18H,1-2,6-7H2/t10-,15+,16+/m0/s1. The Morgan fingerprint density at radius 3 is 2.82 bits per heavy atom. The molecule has 3 atom stereocenters. The Bertz CT molecular complexity index is 724. The molecule has 1 aliphatic carbocycles. The van der Waals surface area contributed by atoms with E-state index in [-0.39, 0.29) is 18.5 Å². The number of rotatable bonds is 0. The lowest BCUT2D eigenvalue weighted by Crippen LogP contribution is -2.55. The summed E-state index contributed by atoms with van der Waals surface area (Å²) in [4.78, 5) is 11.6. The summed E-state index contributed by atoms with van der Waals surface area (Å²) in [6.45, 7) is 0.584. The highest BCUT2D eigenvalue weighted by molar-refractivity contribution is 5.91. The maximum atomic E-state index is 11.6. The summed E-state index contributed by atoms with van der Waals surface area (Å²) in [6.07, 6.45) is 1.57. The average Bonchev–Trinajstić information content (AvgIpc) is 3.10. The predicted molar refractivity (Wildman–Crippen MR) is 72.9 cm³/mol. The second-order valence-corrected chi connectivity index (χ2v) is 6.10. The first-order valence-corrected chi connectivity index (χ1v) is 7.35. The van der Waals surface area contributed by atoms with Gasteiger partial charge in [0.15, 0.2) is 22.9 Å². The molecule has 114 valence electrons. The fourth-order valence-corrected chi connectivity index (χ4v) is 3.73. The van der Waals surface area contributed by atoms with Gasteiger partial charge in [0, 0.05) is 24.1 Å². The van der Waals surface area contributed by atoms with E-state index in [1.54, 1.807) is 6.07 Å². The Hall–Kier alpha value is -2.21. The number of hydrogen-bond donors (Lipinski definition) is 1. The van der Waals surface area contributed by atoms with Crippen molar-refractivity contribution in [3.8, 4) is 17.2 Å². The molecule has 0 unspecified atom stereocenters. The molecule has 3 heterocycles. The van der Waals surface area contributed by atoms with Gasteiger partial charge in [-0.3, -0.25) is 4.79 Å². The molecular weight excluding hydrogens is 288 g/mol. The van der Waals surface area contributed by atoms with Crippen molar-refractivity contribution in [1.29, 1.82) is 0 Å². The lowest BCUT2D eigenvalue weighted by atomic mass is 9.76. The number of ether oxygens (including phenoxy) is 4. The zero-order valence-corrected chi connectivity index (χ0v) is 11.7. The van der Waals surface area contributed by atoms with Crippen LogP contribution in [0.15, 0.2) is 24.0 Å². The van der Waals surface area contributed by atoms with Gasteiger partial charge in [-0.2, -0.15) is 0 Å². The SMILES string of the molecule is O=C1C=C2OC[C@H]3c4cc5c(cc4O[C@H]3[C@@]2(O)CC1)OCO5. The number of aliphatic hydroxyl groups is 1. The van der Waals surface area contributed by atoms with Gasteiger partial charge in [0.05, 0.1) is 12.5 Å². The van der Waals surface area contributed by atoms with Crippen LogP contribution in [0.1, 0.15) is 24.3 Å². The summed E-state index contributed by atoms with van der Waals surface area (Å²) in [6, 6.07) is 3.70. The smallest absolute Gasteiger partial charge is 0.231 e. The molecule has 5 rings (SSSR count). The lowest BCUT2D eigenvalue weighted by Gasteiger charge is -2.43. The normalized spacial score (nSPS) is 34.0. The van der Waals surface area contributed by atoms with E-state index in [9.17, 15) is 9.90 Å².